The van der Waals surface area contributed by atoms with Crippen molar-refractivity contribution >= 4 is 20.7 Å². The number of hydrogen-bond acceptors (Lipinski definition) is 2. The zero-order chi connectivity index (χ0) is 11.8. The molecule has 0 saturated heterocycles. The lowest BCUT2D eigenvalue weighted by Gasteiger charge is -2.04. The van der Waals surface area contributed by atoms with Gasteiger partial charge in [0.1, 0.15) is 15.7 Å². The molecule has 0 spiro atoms. The van der Waals surface area contributed by atoms with Gasteiger partial charge in [-0.1, -0.05) is 0 Å². The smallest absolute Gasteiger partial charge is 0.149 e. The van der Waals surface area contributed by atoms with E-state index in [1.807, 2.05) is 6.07 Å². The predicted octanol–water partition coefficient (Wildman–Crippen LogP) is 1.82. The van der Waals surface area contributed by atoms with Gasteiger partial charge in [0.15, 0.2) is 0 Å². The minimum atomic E-state index is -2.99. The zero-order valence-corrected chi connectivity index (χ0v) is 9.67. The summed E-state index contributed by atoms with van der Waals surface area (Å²) in [7, 11) is -2.99. The zero-order valence-electron chi connectivity index (χ0n) is 8.85. The van der Waals surface area contributed by atoms with Crippen molar-refractivity contribution in [2.24, 2.45) is 0 Å². The van der Waals surface area contributed by atoms with Crippen molar-refractivity contribution in [3.8, 4) is 0 Å². The fourth-order valence-electron chi connectivity index (χ4n) is 1.62. The monoisotopic (exact) mass is 241 g/mol. The van der Waals surface area contributed by atoms with Crippen molar-refractivity contribution < 1.29 is 12.8 Å². The molecule has 1 heterocycles. The first-order chi connectivity index (χ1) is 7.46. The molecule has 0 aliphatic carbocycles. The molecule has 2 rings (SSSR count). The third-order valence-corrected chi connectivity index (χ3v) is 3.36. The molecule has 1 aromatic heterocycles. The van der Waals surface area contributed by atoms with E-state index < -0.39 is 9.84 Å². The lowest BCUT2D eigenvalue weighted by atomic mass is 10.2. The van der Waals surface area contributed by atoms with Gasteiger partial charge in [0.25, 0.3) is 0 Å². The topological polar surface area (TPSA) is 39.1 Å². The van der Waals surface area contributed by atoms with Crippen molar-refractivity contribution in [2.45, 2.75) is 6.54 Å². The first-order valence-electron chi connectivity index (χ1n) is 4.88. The van der Waals surface area contributed by atoms with Crippen molar-refractivity contribution in [3.63, 3.8) is 0 Å². The second-order valence-electron chi connectivity index (χ2n) is 3.84. The minimum Gasteiger partial charge on any atom is -0.346 e. The maximum absolute atomic E-state index is 13.0. The predicted molar refractivity (Wildman–Crippen MR) is 61.6 cm³/mol. The Labute approximate surface area is 93.4 Å². The average molecular weight is 241 g/mol. The van der Waals surface area contributed by atoms with Crippen LogP contribution in [0, 0.1) is 5.82 Å². The van der Waals surface area contributed by atoms with E-state index in [1.165, 1.54) is 18.4 Å². The molecule has 0 atom stereocenters. The number of nitrogens with zero attached hydrogens (tertiary/aromatic N) is 1. The molecule has 2 aromatic rings. The number of fused-ring (bicyclic) bond motifs is 1. The number of aromatic nitrogens is 1. The van der Waals surface area contributed by atoms with Crippen molar-refractivity contribution in [3.05, 3.63) is 36.3 Å². The van der Waals surface area contributed by atoms with Crippen LogP contribution in [0.1, 0.15) is 0 Å². The van der Waals surface area contributed by atoms with E-state index in [0.29, 0.717) is 6.54 Å². The van der Waals surface area contributed by atoms with Crippen LogP contribution in [0.15, 0.2) is 30.5 Å². The highest BCUT2D eigenvalue weighted by molar-refractivity contribution is 7.90. The number of halogens is 1. The van der Waals surface area contributed by atoms with Gasteiger partial charge in [-0.15, -0.1) is 0 Å². The van der Waals surface area contributed by atoms with Crippen LogP contribution in [0.3, 0.4) is 0 Å². The van der Waals surface area contributed by atoms with Crippen molar-refractivity contribution in [2.75, 3.05) is 12.0 Å². The minimum absolute atomic E-state index is 0.0628. The summed E-state index contributed by atoms with van der Waals surface area (Å²) in [6.07, 6.45) is 2.97. The molecule has 16 heavy (non-hydrogen) atoms. The summed E-state index contributed by atoms with van der Waals surface area (Å²) in [5.41, 5.74) is 0.726. The molecule has 0 amide bonds. The highest BCUT2D eigenvalue weighted by Crippen LogP contribution is 2.17. The van der Waals surface area contributed by atoms with Crippen LogP contribution in [0.5, 0.6) is 0 Å². The van der Waals surface area contributed by atoms with Gasteiger partial charge in [0.05, 0.1) is 11.3 Å². The van der Waals surface area contributed by atoms with E-state index >= 15 is 0 Å². The Kier molecular flexibility index (Phi) is 2.71. The Hall–Kier alpha value is -1.36. The average Bonchev–Trinajstić information content (AvgIpc) is 2.56. The Balaban J connectivity index is 2.34. The molecule has 0 N–H and O–H groups in total. The lowest BCUT2D eigenvalue weighted by Crippen LogP contribution is -2.10. The highest BCUT2D eigenvalue weighted by Gasteiger charge is 2.06. The Bertz CT molecular complexity index is 616. The first kappa shape index (κ1) is 11.1. The summed E-state index contributed by atoms with van der Waals surface area (Å²) >= 11 is 0. The van der Waals surface area contributed by atoms with Gasteiger partial charge in [-0.25, -0.2) is 12.8 Å². The van der Waals surface area contributed by atoms with E-state index in [0.717, 1.165) is 10.9 Å². The van der Waals surface area contributed by atoms with Crippen molar-refractivity contribution in [1.29, 1.82) is 0 Å². The van der Waals surface area contributed by atoms with Gasteiger partial charge in [-0.05, 0) is 29.7 Å². The van der Waals surface area contributed by atoms with Crippen LogP contribution in [0.4, 0.5) is 4.39 Å². The quantitative estimate of drug-likeness (QED) is 0.822. The summed E-state index contributed by atoms with van der Waals surface area (Å²) in [5, 5.41) is 0.912. The van der Waals surface area contributed by atoms with E-state index in [-0.39, 0.29) is 11.6 Å². The Morgan fingerprint density at radius 3 is 2.75 bits per heavy atom. The molecular weight excluding hydrogens is 229 g/mol. The molecular formula is C11H12FNO2S. The van der Waals surface area contributed by atoms with E-state index in [2.05, 4.69) is 0 Å². The summed E-state index contributed by atoms with van der Waals surface area (Å²) in [4.78, 5) is 0. The molecule has 0 saturated carbocycles. The second kappa shape index (κ2) is 3.90. The number of benzene rings is 1. The molecule has 0 aliphatic heterocycles. The summed E-state index contributed by atoms with van der Waals surface area (Å²) in [5.74, 6) is -0.250. The molecule has 0 unspecified atom stereocenters. The van der Waals surface area contributed by atoms with E-state index in [9.17, 15) is 12.8 Å². The van der Waals surface area contributed by atoms with Crippen LogP contribution in [0.25, 0.3) is 10.9 Å². The molecule has 0 radical (unpaired) electrons. The molecule has 0 fully saturated rings. The maximum atomic E-state index is 13.0. The van der Waals surface area contributed by atoms with Crippen LogP contribution in [-0.4, -0.2) is 25.0 Å². The third kappa shape index (κ3) is 2.41. The molecule has 3 nitrogen and oxygen atoms in total. The second-order valence-corrected chi connectivity index (χ2v) is 6.10. The van der Waals surface area contributed by atoms with Gasteiger partial charge in [0.2, 0.25) is 0 Å². The fourth-order valence-corrected chi connectivity index (χ4v) is 2.14. The molecule has 0 aliphatic rings. The van der Waals surface area contributed by atoms with Gasteiger partial charge < -0.3 is 4.57 Å². The third-order valence-electron chi connectivity index (χ3n) is 2.44. The summed E-state index contributed by atoms with van der Waals surface area (Å²) in [6.45, 7) is 0.353. The fraction of sp³-hybridized carbons (Fsp3) is 0.273. The number of aryl methyl sites for hydroxylation is 1. The SMILES string of the molecule is CS(=O)(=O)CCn1ccc2ccc(F)cc21. The van der Waals surface area contributed by atoms with E-state index in [1.54, 1.807) is 16.8 Å². The van der Waals surface area contributed by atoms with Crippen LogP contribution in [-0.2, 0) is 16.4 Å². The molecule has 0 bridgehead atoms. The van der Waals surface area contributed by atoms with Gasteiger partial charge in [-0.3, -0.25) is 0 Å². The van der Waals surface area contributed by atoms with Gasteiger partial charge >= 0.3 is 0 Å². The molecule has 1 aromatic carbocycles. The number of sulfone groups is 1. The lowest BCUT2D eigenvalue weighted by molar-refractivity contribution is 0.596. The summed E-state index contributed by atoms with van der Waals surface area (Å²) in [6, 6.07) is 6.33. The maximum Gasteiger partial charge on any atom is 0.149 e. The number of rotatable bonds is 3. The van der Waals surface area contributed by atoms with Gasteiger partial charge in [-0.2, -0.15) is 0 Å². The first-order valence-corrected chi connectivity index (χ1v) is 6.94. The van der Waals surface area contributed by atoms with Crippen LogP contribution in [0.2, 0.25) is 0 Å². The molecule has 5 heteroatoms. The van der Waals surface area contributed by atoms with Crippen molar-refractivity contribution in [1.82, 2.24) is 4.57 Å². The summed E-state index contributed by atoms with van der Waals surface area (Å²) < 4.78 is 36.9. The largest absolute Gasteiger partial charge is 0.346 e. The Morgan fingerprint density at radius 2 is 2.06 bits per heavy atom. The highest BCUT2D eigenvalue weighted by atomic mass is 32.2. The molecule has 86 valence electrons. The van der Waals surface area contributed by atoms with E-state index in [4.69, 9.17) is 0 Å². The van der Waals surface area contributed by atoms with Crippen LogP contribution < -0.4 is 0 Å². The standard InChI is InChI=1S/C11H12FNO2S/c1-16(14,15)7-6-13-5-4-9-2-3-10(12)8-11(9)13/h2-5,8H,6-7H2,1H3. The number of hydrogen-bond donors (Lipinski definition) is 0. The Morgan fingerprint density at radius 1 is 1.31 bits per heavy atom. The normalized spacial score (nSPS) is 12.1. The van der Waals surface area contributed by atoms with Gasteiger partial charge in [0, 0.05) is 19.0 Å². The van der Waals surface area contributed by atoms with Crippen LogP contribution >= 0.6 is 0 Å².